The lowest BCUT2D eigenvalue weighted by molar-refractivity contribution is 0.996. The molecule has 0 bridgehead atoms. The van der Waals surface area contributed by atoms with Crippen molar-refractivity contribution in [2.24, 2.45) is 0 Å². The van der Waals surface area contributed by atoms with Crippen molar-refractivity contribution in [2.75, 3.05) is 7.05 Å². The van der Waals surface area contributed by atoms with E-state index >= 15 is 0 Å². The number of allylic oxidation sites excluding steroid dienone is 3. The molecule has 0 radical (unpaired) electrons. The first-order valence-electron chi connectivity index (χ1n) is 5.89. The molecule has 0 spiro atoms. The topological polar surface area (TPSA) is 24.9 Å². The van der Waals surface area contributed by atoms with Gasteiger partial charge in [0.1, 0.15) is 0 Å². The van der Waals surface area contributed by atoms with Crippen LogP contribution in [0.25, 0.3) is 5.57 Å². The Morgan fingerprint density at radius 1 is 1.50 bits per heavy atom. The Labute approximate surface area is 114 Å². The molecule has 0 unspecified atom stereocenters. The average Bonchev–Trinajstić information content (AvgIpc) is 2.39. The first-order valence-corrected chi connectivity index (χ1v) is 6.76. The highest BCUT2D eigenvalue weighted by atomic mass is 32.2. The molecule has 0 atom stereocenters. The molecule has 3 heteroatoms. The number of thioether (sulfide) groups is 1. The van der Waals surface area contributed by atoms with E-state index in [2.05, 4.69) is 34.4 Å². The first kappa shape index (κ1) is 14.6. The largest absolute Gasteiger partial charge is 0.391 e. The van der Waals surface area contributed by atoms with Gasteiger partial charge in [-0.3, -0.25) is 4.98 Å². The van der Waals surface area contributed by atoms with Crippen molar-refractivity contribution in [3.63, 3.8) is 0 Å². The van der Waals surface area contributed by atoms with Crippen LogP contribution in [0.1, 0.15) is 25.1 Å². The second-order valence-corrected chi connectivity index (χ2v) is 4.89. The summed E-state index contributed by atoms with van der Waals surface area (Å²) in [6, 6.07) is 4.04. The summed E-state index contributed by atoms with van der Waals surface area (Å²) in [7, 11) is 1.91. The van der Waals surface area contributed by atoms with Crippen molar-refractivity contribution in [1.82, 2.24) is 10.3 Å². The molecule has 0 aliphatic heterocycles. The van der Waals surface area contributed by atoms with Crippen LogP contribution in [0.2, 0.25) is 0 Å². The zero-order valence-electron chi connectivity index (χ0n) is 11.4. The van der Waals surface area contributed by atoms with E-state index in [1.54, 1.807) is 11.8 Å². The maximum atomic E-state index is 4.32. The van der Waals surface area contributed by atoms with Crippen LogP contribution in [0.5, 0.6) is 0 Å². The minimum absolute atomic E-state index is 1.03. The number of hydrogen-bond donors (Lipinski definition) is 1. The molecule has 18 heavy (non-hydrogen) atoms. The Morgan fingerprint density at radius 3 is 2.78 bits per heavy atom. The summed E-state index contributed by atoms with van der Waals surface area (Å²) in [4.78, 5) is 5.35. The standard InChI is InChI=1S/C15H20N2S/c1-6-14(13(4)18-10-11(2)16-5)15-8-7-9-17-12(15)3/h6-10,16H,4H2,1-3,5H3/b11-10+,14-6-. The normalized spacial score (nSPS) is 12.4. The van der Waals surface area contributed by atoms with Crippen LogP contribution >= 0.6 is 11.8 Å². The van der Waals surface area contributed by atoms with Crippen LogP contribution in [0.15, 0.2) is 47.0 Å². The van der Waals surface area contributed by atoms with Crippen LogP contribution in [-0.4, -0.2) is 12.0 Å². The van der Waals surface area contributed by atoms with Crippen molar-refractivity contribution in [1.29, 1.82) is 0 Å². The predicted molar refractivity (Wildman–Crippen MR) is 82.2 cm³/mol. The number of rotatable bonds is 5. The summed E-state index contributed by atoms with van der Waals surface area (Å²) in [6.45, 7) is 10.2. The van der Waals surface area contributed by atoms with Gasteiger partial charge in [-0.25, -0.2) is 0 Å². The molecule has 2 nitrogen and oxygen atoms in total. The molecule has 1 heterocycles. The predicted octanol–water partition coefficient (Wildman–Crippen LogP) is 4.12. The number of nitrogens with zero attached hydrogens (tertiary/aromatic N) is 1. The molecule has 0 saturated carbocycles. The number of aromatic nitrogens is 1. The van der Waals surface area contributed by atoms with E-state index in [0.29, 0.717) is 0 Å². The first-order chi connectivity index (χ1) is 8.60. The van der Waals surface area contributed by atoms with Gasteiger partial charge < -0.3 is 5.32 Å². The fourth-order valence-electron chi connectivity index (χ4n) is 1.52. The molecule has 1 aromatic rings. The Bertz CT molecular complexity index is 487. The fourth-order valence-corrected chi connectivity index (χ4v) is 2.31. The highest BCUT2D eigenvalue weighted by Crippen LogP contribution is 2.32. The van der Waals surface area contributed by atoms with Gasteiger partial charge in [0.05, 0.1) is 0 Å². The number of nitrogens with one attached hydrogen (secondary N) is 1. The minimum atomic E-state index is 1.03. The van der Waals surface area contributed by atoms with Crippen molar-refractivity contribution < 1.29 is 0 Å². The van der Waals surface area contributed by atoms with E-state index in [0.717, 1.165) is 27.4 Å². The third-order valence-corrected chi connectivity index (χ3v) is 3.63. The van der Waals surface area contributed by atoms with Gasteiger partial charge in [0, 0.05) is 35.1 Å². The molecule has 1 rings (SSSR count). The molecule has 96 valence electrons. The van der Waals surface area contributed by atoms with Crippen molar-refractivity contribution in [3.8, 4) is 0 Å². The Morgan fingerprint density at radius 2 is 2.22 bits per heavy atom. The second-order valence-electron chi connectivity index (χ2n) is 3.93. The van der Waals surface area contributed by atoms with E-state index in [9.17, 15) is 0 Å². The highest BCUT2D eigenvalue weighted by molar-refractivity contribution is 8.06. The van der Waals surface area contributed by atoms with Gasteiger partial charge in [-0.05, 0) is 37.8 Å². The third kappa shape index (κ3) is 3.77. The van der Waals surface area contributed by atoms with Crippen LogP contribution in [0.4, 0.5) is 0 Å². The molecule has 1 aromatic heterocycles. The van der Waals surface area contributed by atoms with Gasteiger partial charge in [-0.1, -0.05) is 30.5 Å². The molecule has 0 saturated heterocycles. The lowest BCUT2D eigenvalue weighted by Crippen LogP contribution is -2.00. The van der Waals surface area contributed by atoms with Gasteiger partial charge in [0.25, 0.3) is 0 Å². The summed E-state index contributed by atoms with van der Waals surface area (Å²) >= 11 is 1.63. The quantitative estimate of drug-likeness (QED) is 0.806. The van der Waals surface area contributed by atoms with E-state index in [1.165, 1.54) is 0 Å². The van der Waals surface area contributed by atoms with Crippen LogP contribution in [0.3, 0.4) is 0 Å². The van der Waals surface area contributed by atoms with E-state index < -0.39 is 0 Å². The van der Waals surface area contributed by atoms with Crippen molar-refractivity contribution >= 4 is 17.3 Å². The molecular formula is C15H20N2S. The smallest absolute Gasteiger partial charge is 0.0451 e. The molecule has 0 aromatic carbocycles. The Hall–Kier alpha value is -1.48. The average molecular weight is 260 g/mol. The van der Waals surface area contributed by atoms with E-state index in [4.69, 9.17) is 0 Å². The molecule has 0 aliphatic carbocycles. The fraction of sp³-hybridized carbons (Fsp3) is 0.267. The van der Waals surface area contributed by atoms with Crippen molar-refractivity contribution in [3.05, 3.63) is 58.3 Å². The molecule has 0 amide bonds. The second kappa shape index (κ2) is 7.07. The summed E-state index contributed by atoms with van der Waals surface area (Å²) in [6.07, 6.45) is 3.90. The molecule has 1 N–H and O–H groups in total. The third-order valence-electron chi connectivity index (χ3n) is 2.66. The zero-order chi connectivity index (χ0) is 13.5. The van der Waals surface area contributed by atoms with Crippen LogP contribution in [-0.2, 0) is 0 Å². The Kier molecular flexibility index (Phi) is 5.72. The summed E-state index contributed by atoms with van der Waals surface area (Å²) in [5.41, 5.74) is 4.44. The zero-order valence-corrected chi connectivity index (χ0v) is 12.3. The minimum Gasteiger partial charge on any atom is -0.391 e. The van der Waals surface area contributed by atoms with E-state index in [1.807, 2.05) is 40.1 Å². The van der Waals surface area contributed by atoms with E-state index in [-0.39, 0.29) is 0 Å². The van der Waals surface area contributed by atoms with Gasteiger partial charge in [0.2, 0.25) is 0 Å². The lowest BCUT2D eigenvalue weighted by atomic mass is 10.0. The molecule has 0 aliphatic rings. The Balaban J connectivity index is 2.93. The SMILES string of the molecule is C=C(S/C=C(\C)NC)/C(=C/C)c1cccnc1C. The summed E-state index contributed by atoms with van der Waals surface area (Å²) in [5.74, 6) is 0. The maximum Gasteiger partial charge on any atom is 0.0451 e. The van der Waals surface area contributed by atoms with Gasteiger partial charge in [-0.2, -0.15) is 0 Å². The van der Waals surface area contributed by atoms with Crippen molar-refractivity contribution in [2.45, 2.75) is 20.8 Å². The number of aryl methyl sites for hydroxylation is 1. The van der Waals surface area contributed by atoms with Crippen LogP contribution in [0, 0.1) is 6.92 Å². The van der Waals surface area contributed by atoms with Gasteiger partial charge in [-0.15, -0.1) is 0 Å². The lowest BCUT2D eigenvalue weighted by Gasteiger charge is -2.11. The maximum absolute atomic E-state index is 4.32. The molecule has 0 fully saturated rings. The monoisotopic (exact) mass is 260 g/mol. The number of pyridine rings is 1. The van der Waals surface area contributed by atoms with Gasteiger partial charge in [0.15, 0.2) is 0 Å². The highest BCUT2D eigenvalue weighted by Gasteiger charge is 2.08. The summed E-state index contributed by atoms with van der Waals surface area (Å²) < 4.78 is 0. The van der Waals surface area contributed by atoms with Crippen LogP contribution < -0.4 is 5.32 Å². The summed E-state index contributed by atoms with van der Waals surface area (Å²) in [5, 5.41) is 5.16. The number of hydrogen-bond acceptors (Lipinski definition) is 3. The molecular weight excluding hydrogens is 240 g/mol. The van der Waals surface area contributed by atoms with Gasteiger partial charge >= 0.3 is 0 Å².